The monoisotopic (exact) mass is 769 g/mol. The lowest BCUT2D eigenvalue weighted by Gasteiger charge is -2.13. The van der Waals surface area contributed by atoms with Gasteiger partial charge in [-0.05, 0) is 94.9 Å². The van der Waals surface area contributed by atoms with Gasteiger partial charge in [0, 0.05) is 52.8 Å². The van der Waals surface area contributed by atoms with E-state index in [0.29, 0.717) is 11.1 Å². The Morgan fingerprint density at radius 2 is 1.22 bits per heavy atom. The van der Waals surface area contributed by atoms with Crippen molar-refractivity contribution in [1.29, 1.82) is 0 Å². The second kappa shape index (κ2) is 13.8. The van der Waals surface area contributed by atoms with E-state index in [4.69, 9.17) is 9.97 Å². The van der Waals surface area contributed by atoms with Crippen LogP contribution in [0.25, 0.3) is 99.8 Å². The number of hydrogen-bond donors (Lipinski definition) is 1. The zero-order valence-corrected chi connectivity index (χ0v) is 32.4. The van der Waals surface area contributed by atoms with E-state index < -0.39 is 6.37 Å². The number of pyridine rings is 1. The summed E-state index contributed by atoms with van der Waals surface area (Å²) in [6.07, 6.45) is 0.123. The van der Waals surface area contributed by atoms with E-state index in [0.717, 1.165) is 94.2 Å². The number of aromatic nitrogens is 5. The molecule has 8 aromatic carbocycles. The lowest BCUT2D eigenvalue weighted by molar-refractivity contribution is 1.08. The van der Waals surface area contributed by atoms with E-state index in [-0.39, 0.29) is 0 Å². The molecule has 0 saturated carbocycles. The quantitative estimate of drug-likeness (QED) is 0.175. The van der Waals surface area contributed by atoms with Gasteiger partial charge in [-0.2, -0.15) is 0 Å². The summed E-state index contributed by atoms with van der Waals surface area (Å²) in [5.74, 6) is 1.61. The van der Waals surface area contributed by atoms with E-state index in [2.05, 4.69) is 142 Å². The van der Waals surface area contributed by atoms with Gasteiger partial charge in [-0.15, -0.1) is 0 Å². The molecule has 12 aromatic rings. The molecule has 0 spiro atoms. The van der Waals surface area contributed by atoms with E-state index in [1.807, 2.05) is 79.0 Å². The number of aromatic amines is 1. The van der Waals surface area contributed by atoms with Gasteiger partial charge in [0.2, 0.25) is 0 Å². The summed E-state index contributed by atoms with van der Waals surface area (Å²) in [6.45, 7) is 0. The van der Waals surface area contributed by atoms with Gasteiger partial charge in [0.25, 0.3) is 0 Å². The van der Waals surface area contributed by atoms with Crippen molar-refractivity contribution in [2.45, 2.75) is 6.37 Å². The summed E-state index contributed by atoms with van der Waals surface area (Å²) < 4.78 is 23.0. The summed E-state index contributed by atoms with van der Waals surface area (Å²) in [5.41, 5.74) is 13.3. The molecule has 0 aliphatic carbocycles. The van der Waals surface area contributed by atoms with Crippen LogP contribution in [-0.4, -0.2) is 24.1 Å². The van der Waals surface area contributed by atoms with Crippen molar-refractivity contribution in [1.82, 2.24) is 24.1 Å². The normalized spacial score (nSPS) is 12.5. The summed E-state index contributed by atoms with van der Waals surface area (Å²) in [7, 11) is 0. The average molecular weight is 770 g/mol. The maximum atomic E-state index is 9.30. The van der Waals surface area contributed by atoms with Crippen molar-refractivity contribution in [3.05, 3.63) is 218 Å². The Morgan fingerprint density at radius 3 is 2.10 bits per heavy atom. The zero-order chi connectivity index (χ0) is 41.4. The molecule has 4 heterocycles. The van der Waals surface area contributed by atoms with Gasteiger partial charge < -0.3 is 4.98 Å². The second-order valence-corrected chi connectivity index (χ2v) is 15.2. The third-order valence-electron chi connectivity index (χ3n) is 11.7. The summed E-state index contributed by atoms with van der Waals surface area (Å²) in [6, 6.07) is 68.3. The van der Waals surface area contributed by atoms with Gasteiger partial charge in [-0.1, -0.05) is 140 Å². The smallest absolute Gasteiger partial charge is 0.147 e. The fraction of sp³-hybridized carbons (Fsp3) is 0.0182. The highest BCUT2D eigenvalue weighted by atomic mass is 15.1. The summed E-state index contributed by atoms with van der Waals surface area (Å²) >= 11 is 0. The largest absolute Gasteiger partial charge is 0.354 e. The third-order valence-corrected chi connectivity index (χ3v) is 11.7. The molecular formula is C55H37N5. The fourth-order valence-corrected chi connectivity index (χ4v) is 8.98. The standard InChI is InChI=1S/C55H37N5/c1-3-14-36(15-4-1)32-37-16-11-19-41(33-37)59-50-25-13-21-42(54(50)58-55(59)46-23-12-22-45-43-20-7-8-24-48(43)57-53(45)46)40-27-29-44-47-34-39(38-17-5-2-6-18-38)28-30-49(47)60(51(44)35-40)52-26-9-10-31-56-52/h1-31,33-35,57H,32H2/i32D2. The first-order chi connectivity index (χ1) is 30.5. The second-order valence-electron chi connectivity index (χ2n) is 15.2. The highest BCUT2D eigenvalue weighted by Crippen LogP contribution is 2.41. The summed E-state index contributed by atoms with van der Waals surface area (Å²) in [4.78, 5) is 14.1. The first-order valence-electron chi connectivity index (χ1n) is 21.2. The molecule has 0 amide bonds. The van der Waals surface area contributed by atoms with Crippen LogP contribution in [0, 0.1) is 0 Å². The zero-order valence-electron chi connectivity index (χ0n) is 34.4. The predicted octanol–water partition coefficient (Wildman–Crippen LogP) is 13.7. The minimum Gasteiger partial charge on any atom is -0.354 e. The first-order valence-corrected chi connectivity index (χ1v) is 20.2. The van der Waals surface area contributed by atoms with Gasteiger partial charge in [0.1, 0.15) is 11.6 Å². The SMILES string of the molecule is [2H]C([2H])(c1ccccc1)c1cccc(-n2c(-c3cccc4c3[nH]c3ccccc34)nc3c(-c4ccc5c6cc(-c7ccccc7)ccc6n(-c6ccccn6)c5c4)cccc32)c1. The maximum absolute atomic E-state index is 9.30. The molecule has 0 radical (unpaired) electrons. The van der Waals surface area contributed by atoms with E-state index in [9.17, 15) is 2.74 Å². The molecule has 12 rings (SSSR count). The minimum absolute atomic E-state index is 0.567. The Hall–Kier alpha value is -8.02. The van der Waals surface area contributed by atoms with Crippen LogP contribution in [0.2, 0.25) is 0 Å². The van der Waals surface area contributed by atoms with Crippen LogP contribution in [-0.2, 0) is 6.37 Å². The number of nitrogens with one attached hydrogen (secondary N) is 1. The van der Waals surface area contributed by atoms with E-state index in [1.165, 1.54) is 5.56 Å². The number of rotatable bonds is 7. The van der Waals surface area contributed by atoms with Gasteiger partial charge in [0.15, 0.2) is 0 Å². The van der Waals surface area contributed by atoms with Crippen LogP contribution in [0.4, 0.5) is 0 Å². The number of benzene rings is 8. The highest BCUT2D eigenvalue weighted by Gasteiger charge is 2.22. The Balaban J connectivity index is 1.11. The molecule has 5 heteroatoms. The maximum Gasteiger partial charge on any atom is 0.147 e. The van der Waals surface area contributed by atoms with Gasteiger partial charge >= 0.3 is 0 Å². The van der Waals surface area contributed by atoms with Gasteiger partial charge in [0.05, 0.1) is 27.6 Å². The topological polar surface area (TPSA) is 51.4 Å². The van der Waals surface area contributed by atoms with E-state index in [1.54, 1.807) is 0 Å². The number of nitrogens with zero attached hydrogens (tertiary/aromatic N) is 4. The highest BCUT2D eigenvalue weighted by molar-refractivity contribution is 6.13. The Bertz CT molecular complexity index is 3660. The Labute approximate surface area is 349 Å². The summed E-state index contributed by atoms with van der Waals surface area (Å²) in [5, 5.41) is 4.57. The fourth-order valence-electron chi connectivity index (χ4n) is 8.98. The molecular weight excluding hydrogens is 731 g/mol. The average Bonchev–Trinajstić information content (AvgIpc) is 4.02. The number of fused-ring (bicyclic) bond motifs is 7. The molecule has 0 aliphatic rings. The van der Waals surface area contributed by atoms with E-state index >= 15 is 0 Å². The third kappa shape index (κ3) is 5.55. The van der Waals surface area contributed by atoms with Crippen LogP contribution in [0.3, 0.4) is 0 Å². The molecule has 0 saturated heterocycles. The van der Waals surface area contributed by atoms with Crippen molar-refractivity contribution in [2.75, 3.05) is 0 Å². The molecule has 1 N–H and O–H groups in total. The number of para-hydroxylation sites is 3. The van der Waals surface area contributed by atoms with Crippen molar-refractivity contribution >= 4 is 54.6 Å². The van der Waals surface area contributed by atoms with Crippen molar-refractivity contribution in [3.63, 3.8) is 0 Å². The van der Waals surface area contributed by atoms with Crippen LogP contribution in [0.1, 0.15) is 13.9 Å². The lowest BCUT2D eigenvalue weighted by Crippen LogP contribution is -1.99. The van der Waals surface area contributed by atoms with Gasteiger partial charge in [-0.25, -0.2) is 9.97 Å². The predicted molar refractivity (Wildman–Crippen MR) is 248 cm³/mol. The van der Waals surface area contributed by atoms with Gasteiger partial charge in [-0.3, -0.25) is 9.13 Å². The molecule has 0 fully saturated rings. The molecule has 0 unspecified atom stereocenters. The number of imidazole rings is 1. The molecule has 282 valence electrons. The van der Waals surface area contributed by atoms with Crippen LogP contribution < -0.4 is 0 Å². The van der Waals surface area contributed by atoms with Crippen LogP contribution in [0.5, 0.6) is 0 Å². The van der Waals surface area contributed by atoms with Crippen molar-refractivity contribution in [2.24, 2.45) is 0 Å². The minimum atomic E-state index is -1.72. The Morgan fingerprint density at radius 1 is 0.467 bits per heavy atom. The molecule has 4 aromatic heterocycles. The first kappa shape index (κ1) is 32.0. The van der Waals surface area contributed by atoms with Crippen molar-refractivity contribution < 1.29 is 2.74 Å². The number of H-pyrrole nitrogens is 1. The lowest BCUT2D eigenvalue weighted by atomic mass is 10.0. The molecule has 0 bridgehead atoms. The molecule has 60 heavy (non-hydrogen) atoms. The van der Waals surface area contributed by atoms with Crippen molar-refractivity contribution in [3.8, 4) is 45.1 Å². The molecule has 0 aliphatic heterocycles. The Kier molecular flexibility index (Phi) is 7.37. The van der Waals surface area contributed by atoms with Crippen LogP contribution in [0.15, 0.2) is 206 Å². The molecule has 5 nitrogen and oxygen atoms in total. The molecule has 0 atom stereocenters. The number of hydrogen-bond acceptors (Lipinski definition) is 2. The van der Waals surface area contributed by atoms with Crippen LogP contribution >= 0.6 is 0 Å².